The summed E-state index contributed by atoms with van der Waals surface area (Å²) in [7, 11) is 0. The molecule has 0 aliphatic carbocycles. The standard InChI is InChI=1S/C4H6N3S.K/c1-3-5-4(8-2)7-6-3;/h1-2H3;/q-1;+1. The first-order chi connectivity index (χ1) is 3.83. The van der Waals surface area contributed by atoms with Gasteiger partial charge in [-0.15, -0.1) is 11.8 Å². The van der Waals surface area contributed by atoms with Crippen LogP contribution in [-0.2, 0) is 0 Å². The number of rotatable bonds is 1. The third-order valence-electron chi connectivity index (χ3n) is 0.720. The summed E-state index contributed by atoms with van der Waals surface area (Å²) in [5.41, 5.74) is 0. The van der Waals surface area contributed by atoms with E-state index in [4.69, 9.17) is 0 Å². The van der Waals surface area contributed by atoms with Crippen LogP contribution in [-0.4, -0.2) is 16.5 Å². The van der Waals surface area contributed by atoms with Crippen LogP contribution in [0.2, 0.25) is 0 Å². The van der Waals surface area contributed by atoms with Crippen molar-refractivity contribution in [3.8, 4) is 0 Å². The van der Waals surface area contributed by atoms with Crippen molar-refractivity contribution in [2.24, 2.45) is 0 Å². The van der Waals surface area contributed by atoms with Gasteiger partial charge in [-0.2, -0.15) is 0 Å². The maximum atomic E-state index is 3.97. The van der Waals surface area contributed by atoms with E-state index in [0.29, 0.717) is 0 Å². The zero-order valence-corrected chi connectivity index (χ0v) is 9.69. The summed E-state index contributed by atoms with van der Waals surface area (Å²) in [6.45, 7) is 1.83. The van der Waals surface area contributed by atoms with Gasteiger partial charge in [0.2, 0.25) is 0 Å². The van der Waals surface area contributed by atoms with Crippen LogP contribution in [0.1, 0.15) is 5.82 Å². The minimum absolute atomic E-state index is 0. The van der Waals surface area contributed by atoms with E-state index in [9.17, 15) is 0 Å². The molecule has 0 spiro atoms. The minimum atomic E-state index is 0. The summed E-state index contributed by atoms with van der Waals surface area (Å²) < 4.78 is 0. The molecule has 3 nitrogen and oxygen atoms in total. The second-order valence-corrected chi connectivity index (χ2v) is 2.12. The van der Waals surface area contributed by atoms with Gasteiger partial charge in [-0.05, 0) is 19.0 Å². The van der Waals surface area contributed by atoms with Gasteiger partial charge in [-0.25, -0.2) is 0 Å². The van der Waals surface area contributed by atoms with Crippen LogP contribution in [0.15, 0.2) is 5.16 Å². The fourth-order valence-electron chi connectivity index (χ4n) is 0.385. The van der Waals surface area contributed by atoms with Crippen LogP contribution < -0.4 is 56.4 Å². The third-order valence-corrected chi connectivity index (χ3v) is 1.26. The summed E-state index contributed by atoms with van der Waals surface area (Å²) in [6.07, 6.45) is 1.93. The largest absolute Gasteiger partial charge is 1.00 e. The molecule has 0 aromatic carbocycles. The maximum Gasteiger partial charge on any atom is 1.00 e. The number of hydrogen-bond donors (Lipinski definition) is 0. The second-order valence-electron chi connectivity index (χ2n) is 1.35. The van der Waals surface area contributed by atoms with Crippen molar-refractivity contribution in [2.45, 2.75) is 12.1 Å². The van der Waals surface area contributed by atoms with Crippen LogP contribution in [0.5, 0.6) is 0 Å². The number of aryl methyl sites for hydroxylation is 1. The fraction of sp³-hybridized carbons (Fsp3) is 0.500. The van der Waals surface area contributed by atoms with Gasteiger partial charge in [0.05, 0.1) is 0 Å². The van der Waals surface area contributed by atoms with Crippen molar-refractivity contribution in [1.29, 1.82) is 0 Å². The Morgan fingerprint density at radius 2 is 2.11 bits per heavy atom. The first-order valence-electron chi connectivity index (χ1n) is 2.21. The van der Waals surface area contributed by atoms with Crippen LogP contribution in [0, 0.1) is 6.92 Å². The molecule has 0 aliphatic heterocycles. The van der Waals surface area contributed by atoms with E-state index in [1.807, 2.05) is 13.2 Å². The first-order valence-corrected chi connectivity index (χ1v) is 3.43. The molecule has 1 aromatic heterocycles. The molecule has 0 bridgehead atoms. The Balaban J connectivity index is 0.000000640. The topological polar surface area (TPSA) is 39.9 Å². The zero-order valence-electron chi connectivity index (χ0n) is 5.75. The van der Waals surface area contributed by atoms with Gasteiger partial charge in [-0.3, -0.25) is 0 Å². The van der Waals surface area contributed by atoms with Crippen molar-refractivity contribution in [3.63, 3.8) is 0 Å². The Bertz CT molecular complexity index is 176. The van der Waals surface area contributed by atoms with Gasteiger partial charge in [-0.1, -0.05) is 0 Å². The van der Waals surface area contributed by atoms with Crippen LogP contribution in [0.4, 0.5) is 0 Å². The molecule has 1 heterocycles. The molecule has 0 aliphatic rings. The van der Waals surface area contributed by atoms with Crippen molar-refractivity contribution >= 4 is 11.8 Å². The smallest absolute Gasteiger partial charge is 0.357 e. The monoisotopic (exact) mass is 167 g/mol. The van der Waals surface area contributed by atoms with Crippen LogP contribution in [0.3, 0.4) is 0 Å². The Morgan fingerprint density at radius 3 is 2.33 bits per heavy atom. The van der Waals surface area contributed by atoms with Gasteiger partial charge in [0.15, 0.2) is 0 Å². The van der Waals surface area contributed by atoms with E-state index in [1.165, 1.54) is 11.8 Å². The average molecular weight is 167 g/mol. The first kappa shape index (κ1) is 10.1. The second kappa shape index (κ2) is 4.87. The SMILES string of the molecule is CSc1nnc(C)[n-]1.[K+]. The summed E-state index contributed by atoms with van der Waals surface area (Å²) in [5.74, 6) is 0.745. The predicted octanol–water partition coefficient (Wildman–Crippen LogP) is -2.53. The Morgan fingerprint density at radius 1 is 1.44 bits per heavy atom. The molecule has 0 radical (unpaired) electrons. The van der Waals surface area contributed by atoms with Crippen molar-refractivity contribution in [1.82, 2.24) is 15.2 Å². The van der Waals surface area contributed by atoms with Gasteiger partial charge in [0, 0.05) is 5.16 Å². The zero-order chi connectivity index (χ0) is 5.98. The van der Waals surface area contributed by atoms with E-state index in [2.05, 4.69) is 15.2 Å². The number of thioether (sulfide) groups is 1. The van der Waals surface area contributed by atoms with E-state index in [-0.39, 0.29) is 51.4 Å². The Hall–Kier alpha value is 1.13. The summed E-state index contributed by atoms with van der Waals surface area (Å²) in [5, 5.41) is 8.19. The van der Waals surface area contributed by atoms with Gasteiger partial charge in [0.1, 0.15) is 0 Å². The minimum Gasteiger partial charge on any atom is -0.357 e. The van der Waals surface area contributed by atoms with Gasteiger partial charge in [0.25, 0.3) is 0 Å². The van der Waals surface area contributed by atoms with Gasteiger partial charge >= 0.3 is 51.4 Å². The quantitative estimate of drug-likeness (QED) is 0.341. The molecule has 44 valence electrons. The molecular weight excluding hydrogens is 161 g/mol. The maximum absolute atomic E-state index is 3.97. The van der Waals surface area contributed by atoms with E-state index < -0.39 is 0 Å². The molecule has 0 N–H and O–H groups in total. The van der Waals surface area contributed by atoms with Gasteiger partial charge < -0.3 is 15.2 Å². The van der Waals surface area contributed by atoms with E-state index in [1.54, 1.807) is 0 Å². The van der Waals surface area contributed by atoms with Crippen LogP contribution in [0.25, 0.3) is 0 Å². The normalized spacial score (nSPS) is 8.67. The number of aromatic nitrogens is 3. The average Bonchev–Trinajstić information content (AvgIpc) is 2.14. The molecule has 0 saturated heterocycles. The Kier molecular flexibility index (Phi) is 5.48. The molecule has 1 rings (SSSR count). The molecule has 0 fully saturated rings. The van der Waals surface area contributed by atoms with Crippen molar-refractivity contribution in [3.05, 3.63) is 5.82 Å². The summed E-state index contributed by atoms with van der Waals surface area (Å²) in [4.78, 5) is 3.97. The number of hydrogen-bond acceptors (Lipinski definition) is 3. The summed E-state index contributed by atoms with van der Waals surface area (Å²) >= 11 is 1.50. The van der Waals surface area contributed by atoms with Crippen molar-refractivity contribution in [2.75, 3.05) is 6.26 Å². The summed E-state index contributed by atoms with van der Waals surface area (Å²) in [6, 6.07) is 0. The molecular formula is C4H6KN3S. The van der Waals surface area contributed by atoms with Crippen molar-refractivity contribution < 1.29 is 51.4 Å². The fourth-order valence-corrected chi connectivity index (χ4v) is 0.731. The molecule has 1 aromatic rings. The molecule has 5 heteroatoms. The molecule has 9 heavy (non-hydrogen) atoms. The number of nitrogens with zero attached hydrogens (tertiary/aromatic N) is 3. The van der Waals surface area contributed by atoms with Crippen LogP contribution >= 0.6 is 11.8 Å². The molecule has 0 amide bonds. The molecule has 0 atom stereocenters. The molecule has 0 unspecified atom stereocenters. The third kappa shape index (κ3) is 3.15. The van der Waals surface area contributed by atoms with E-state index in [0.717, 1.165) is 11.0 Å². The predicted molar refractivity (Wildman–Crippen MR) is 31.9 cm³/mol. The Labute approximate surface area is 101 Å². The van der Waals surface area contributed by atoms with E-state index >= 15 is 0 Å². The molecule has 0 saturated carbocycles.